The van der Waals surface area contributed by atoms with Crippen LogP contribution in [0.5, 0.6) is 0 Å². The number of carboxylic acid groups (broad SMARTS) is 1. The standard InChI is InChI=1S/C11H18N2O5/c1-7(12-8(2)14)9(15)13-11(10(16)17)3-5-18-6-4-11/h7H,3-6H2,1-2H3,(H,12,14)(H,13,15)(H,16,17). The molecule has 1 aliphatic heterocycles. The normalized spacial score (nSPS) is 19.7. The van der Waals surface area contributed by atoms with Gasteiger partial charge >= 0.3 is 5.97 Å². The van der Waals surface area contributed by atoms with E-state index in [4.69, 9.17) is 4.74 Å². The predicted octanol–water partition coefficient (Wildman–Crippen LogP) is -0.739. The molecule has 0 aromatic carbocycles. The molecule has 2 amide bonds. The van der Waals surface area contributed by atoms with Crippen LogP contribution in [0.25, 0.3) is 0 Å². The molecule has 1 heterocycles. The molecule has 1 unspecified atom stereocenters. The van der Waals surface area contributed by atoms with Crippen molar-refractivity contribution >= 4 is 17.8 Å². The van der Waals surface area contributed by atoms with Crippen molar-refractivity contribution in [3.8, 4) is 0 Å². The van der Waals surface area contributed by atoms with Crippen LogP contribution in [-0.2, 0) is 19.1 Å². The number of ether oxygens (including phenoxy) is 1. The maximum atomic E-state index is 11.8. The quantitative estimate of drug-likeness (QED) is 0.616. The lowest BCUT2D eigenvalue weighted by Gasteiger charge is -2.34. The van der Waals surface area contributed by atoms with Crippen molar-refractivity contribution in [1.29, 1.82) is 0 Å². The summed E-state index contributed by atoms with van der Waals surface area (Å²) in [5.41, 5.74) is -1.29. The fourth-order valence-corrected chi connectivity index (χ4v) is 1.83. The van der Waals surface area contributed by atoms with Gasteiger partial charge in [0.2, 0.25) is 11.8 Å². The first kappa shape index (κ1) is 14.4. The maximum Gasteiger partial charge on any atom is 0.329 e. The van der Waals surface area contributed by atoms with Crippen molar-refractivity contribution < 1.29 is 24.2 Å². The number of carbonyl (C=O) groups excluding carboxylic acids is 2. The van der Waals surface area contributed by atoms with Gasteiger partial charge in [0.05, 0.1) is 0 Å². The summed E-state index contributed by atoms with van der Waals surface area (Å²) in [5, 5.41) is 14.2. The average Bonchev–Trinajstić information content (AvgIpc) is 2.29. The van der Waals surface area contributed by atoms with E-state index in [1.807, 2.05) is 0 Å². The van der Waals surface area contributed by atoms with Crippen LogP contribution in [0.15, 0.2) is 0 Å². The SMILES string of the molecule is CC(=O)NC(C)C(=O)NC1(C(=O)O)CCOCC1. The first-order chi connectivity index (χ1) is 8.37. The second-order valence-electron chi connectivity index (χ2n) is 4.41. The monoisotopic (exact) mass is 258 g/mol. The summed E-state index contributed by atoms with van der Waals surface area (Å²) in [4.78, 5) is 34.0. The van der Waals surface area contributed by atoms with Crippen molar-refractivity contribution in [2.75, 3.05) is 13.2 Å². The van der Waals surface area contributed by atoms with Gasteiger partial charge in [-0.2, -0.15) is 0 Å². The zero-order valence-electron chi connectivity index (χ0n) is 10.5. The topological polar surface area (TPSA) is 105 Å². The molecule has 7 heteroatoms. The minimum Gasteiger partial charge on any atom is -0.480 e. The molecule has 0 saturated carbocycles. The Labute approximate surface area is 105 Å². The first-order valence-electron chi connectivity index (χ1n) is 5.78. The highest BCUT2D eigenvalue weighted by Crippen LogP contribution is 2.21. The van der Waals surface area contributed by atoms with E-state index in [9.17, 15) is 19.5 Å². The highest BCUT2D eigenvalue weighted by Gasteiger charge is 2.42. The van der Waals surface area contributed by atoms with Crippen molar-refractivity contribution in [1.82, 2.24) is 10.6 Å². The van der Waals surface area contributed by atoms with Gasteiger partial charge in [0.15, 0.2) is 0 Å². The van der Waals surface area contributed by atoms with Gasteiger partial charge in [-0.05, 0) is 6.92 Å². The summed E-state index contributed by atoms with van der Waals surface area (Å²) in [7, 11) is 0. The molecule has 3 N–H and O–H groups in total. The Bertz CT molecular complexity index is 349. The van der Waals surface area contributed by atoms with Gasteiger partial charge in [0, 0.05) is 33.0 Å². The Hall–Kier alpha value is -1.63. The summed E-state index contributed by atoms with van der Waals surface area (Å²) in [6, 6.07) is -0.762. The Kier molecular flexibility index (Phi) is 4.66. The largest absolute Gasteiger partial charge is 0.480 e. The molecule has 7 nitrogen and oxygen atoms in total. The Morgan fingerprint density at radius 2 is 1.83 bits per heavy atom. The molecule has 0 spiro atoms. The number of nitrogens with one attached hydrogen (secondary N) is 2. The van der Waals surface area contributed by atoms with Crippen LogP contribution in [0.1, 0.15) is 26.7 Å². The Balaban J connectivity index is 2.69. The number of hydrogen-bond donors (Lipinski definition) is 3. The minimum atomic E-state index is -1.29. The van der Waals surface area contributed by atoms with Crippen molar-refractivity contribution in [3.05, 3.63) is 0 Å². The zero-order chi connectivity index (χ0) is 13.8. The van der Waals surface area contributed by atoms with E-state index in [1.54, 1.807) is 0 Å². The van der Waals surface area contributed by atoms with Gasteiger partial charge < -0.3 is 20.5 Å². The van der Waals surface area contributed by atoms with Crippen LogP contribution >= 0.6 is 0 Å². The van der Waals surface area contributed by atoms with E-state index < -0.39 is 23.5 Å². The number of carboxylic acids is 1. The van der Waals surface area contributed by atoms with Gasteiger partial charge in [-0.25, -0.2) is 4.79 Å². The van der Waals surface area contributed by atoms with E-state index in [0.29, 0.717) is 13.2 Å². The summed E-state index contributed by atoms with van der Waals surface area (Å²) >= 11 is 0. The molecule has 1 atom stereocenters. The number of amides is 2. The molecule has 102 valence electrons. The van der Waals surface area contributed by atoms with Gasteiger partial charge in [0.1, 0.15) is 11.6 Å². The zero-order valence-corrected chi connectivity index (χ0v) is 10.5. The molecule has 1 fully saturated rings. The van der Waals surface area contributed by atoms with Crippen LogP contribution < -0.4 is 10.6 Å². The molecule has 0 aromatic rings. The molecular weight excluding hydrogens is 240 g/mol. The number of carbonyl (C=O) groups is 3. The Morgan fingerprint density at radius 3 is 2.28 bits per heavy atom. The fraction of sp³-hybridized carbons (Fsp3) is 0.727. The lowest BCUT2D eigenvalue weighted by molar-refractivity contribution is -0.152. The van der Waals surface area contributed by atoms with Gasteiger partial charge in [-0.3, -0.25) is 9.59 Å². The predicted molar refractivity (Wildman–Crippen MR) is 61.8 cm³/mol. The third-order valence-corrected chi connectivity index (χ3v) is 2.93. The first-order valence-corrected chi connectivity index (χ1v) is 5.78. The number of rotatable bonds is 4. The van der Waals surface area contributed by atoms with Crippen LogP contribution in [-0.4, -0.2) is 47.7 Å². The second kappa shape index (κ2) is 5.81. The smallest absolute Gasteiger partial charge is 0.329 e. The number of aliphatic carboxylic acids is 1. The van der Waals surface area contributed by atoms with E-state index in [2.05, 4.69) is 10.6 Å². The van der Waals surface area contributed by atoms with Gasteiger partial charge in [-0.1, -0.05) is 0 Å². The fourth-order valence-electron chi connectivity index (χ4n) is 1.83. The summed E-state index contributed by atoms with van der Waals surface area (Å²) < 4.78 is 5.10. The van der Waals surface area contributed by atoms with Crippen molar-refractivity contribution in [2.45, 2.75) is 38.3 Å². The van der Waals surface area contributed by atoms with Crippen molar-refractivity contribution in [2.24, 2.45) is 0 Å². The second-order valence-corrected chi connectivity index (χ2v) is 4.41. The maximum absolute atomic E-state index is 11.8. The highest BCUT2D eigenvalue weighted by molar-refractivity contribution is 5.91. The molecule has 0 bridgehead atoms. The Morgan fingerprint density at radius 1 is 1.28 bits per heavy atom. The summed E-state index contributed by atoms with van der Waals surface area (Å²) in [5.74, 6) is -1.92. The van der Waals surface area contributed by atoms with E-state index in [0.717, 1.165) is 0 Å². The van der Waals surface area contributed by atoms with E-state index in [-0.39, 0.29) is 18.7 Å². The molecule has 0 aromatic heterocycles. The minimum absolute atomic E-state index is 0.223. The van der Waals surface area contributed by atoms with Crippen LogP contribution in [0.2, 0.25) is 0 Å². The molecule has 0 radical (unpaired) electrons. The molecular formula is C11H18N2O5. The third kappa shape index (κ3) is 3.43. The third-order valence-electron chi connectivity index (χ3n) is 2.93. The number of hydrogen-bond acceptors (Lipinski definition) is 4. The van der Waals surface area contributed by atoms with E-state index in [1.165, 1.54) is 13.8 Å². The van der Waals surface area contributed by atoms with E-state index >= 15 is 0 Å². The van der Waals surface area contributed by atoms with Crippen molar-refractivity contribution in [3.63, 3.8) is 0 Å². The molecule has 1 rings (SSSR count). The summed E-state index contributed by atoms with van der Waals surface area (Å²) in [6.07, 6.45) is 0.446. The summed E-state index contributed by atoms with van der Waals surface area (Å²) in [6.45, 7) is 3.39. The van der Waals surface area contributed by atoms with Crippen LogP contribution in [0.3, 0.4) is 0 Å². The average molecular weight is 258 g/mol. The molecule has 1 aliphatic rings. The molecule has 18 heavy (non-hydrogen) atoms. The molecule has 0 aliphatic carbocycles. The van der Waals surface area contributed by atoms with Crippen LogP contribution in [0, 0.1) is 0 Å². The molecule has 1 saturated heterocycles. The highest BCUT2D eigenvalue weighted by atomic mass is 16.5. The van der Waals surface area contributed by atoms with Crippen LogP contribution in [0.4, 0.5) is 0 Å². The lowest BCUT2D eigenvalue weighted by atomic mass is 9.90. The lowest BCUT2D eigenvalue weighted by Crippen LogP contribution is -2.60. The van der Waals surface area contributed by atoms with Gasteiger partial charge in [-0.15, -0.1) is 0 Å². The van der Waals surface area contributed by atoms with Gasteiger partial charge in [0.25, 0.3) is 0 Å².